The minimum Gasteiger partial charge on any atom is -0.378 e. The molecule has 0 aliphatic carbocycles. The highest BCUT2D eigenvalue weighted by atomic mass is 16.1. The van der Waals surface area contributed by atoms with Crippen LogP contribution in [0.4, 0.5) is 17.1 Å². The van der Waals surface area contributed by atoms with Crippen molar-refractivity contribution in [3.05, 3.63) is 48.3 Å². The zero-order valence-electron chi connectivity index (χ0n) is 14.8. The Kier molecular flexibility index (Phi) is 6.18. The van der Waals surface area contributed by atoms with E-state index in [4.69, 9.17) is 0 Å². The number of nitrogens with zero attached hydrogens (tertiary/aromatic N) is 2. The molecule has 0 atom stereocenters. The monoisotopic (exact) mass is 326 g/mol. The van der Waals surface area contributed by atoms with Crippen molar-refractivity contribution in [2.45, 2.75) is 20.3 Å². The third kappa shape index (κ3) is 5.26. The summed E-state index contributed by atoms with van der Waals surface area (Å²) in [6.07, 6.45) is 4.27. The molecular weight excluding hydrogens is 300 g/mol. The predicted molar refractivity (Wildman–Crippen MR) is 100 cm³/mol. The Morgan fingerprint density at radius 3 is 2.46 bits per heavy atom. The summed E-state index contributed by atoms with van der Waals surface area (Å²) >= 11 is 0. The number of nitrogens with one attached hydrogen (secondary N) is 2. The van der Waals surface area contributed by atoms with Gasteiger partial charge in [0.1, 0.15) is 0 Å². The van der Waals surface area contributed by atoms with E-state index in [0.29, 0.717) is 18.0 Å². The Labute approximate surface area is 144 Å². The topological polar surface area (TPSA) is 57.3 Å². The van der Waals surface area contributed by atoms with Crippen LogP contribution in [0.3, 0.4) is 0 Å². The summed E-state index contributed by atoms with van der Waals surface area (Å²) < 4.78 is 0. The van der Waals surface area contributed by atoms with Gasteiger partial charge in [-0.3, -0.25) is 9.78 Å². The first kappa shape index (κ1) is 17.8. The smallest absolute Gasteiger partial charge is 0.252 e. The largest absolute Gasteiger partial charge is 0.378 e. The first-order valence-corrected chi connectivity index (χ1v) is 8.23. The van der Waals surface area contributed by atoms with Crippen molar-refractivity contribution in [3.8, 4) is 0 Å². The van der Waals surface area contributed by atoms with Gasteiger partial charge in [-0.1, -0.05) is 13.8 Å². The van der Waals surface area contributed by atoms with Crippen molar-refractivity contribution in [1.29, 1.82) is 0 Å². The Morgan fingerprint density at radius 1 is 1.12 bits per heavy atom. The molecule has 0 aliphatic rings. The third-order valence-electron chi connectivity index (χ3n) is 3.68. The molecule has 1 aromatic heterocycles. The number of pyridine rings is 1. The highest BCUT2D eigenvalue weighted by Gasteiger charge is 2.07. The molecule has 0 saturated heterocycles. The molecule has 1 heterocycles. The molecule has 2 N–H and O–H groups in total. The average Bonchev–Trinajstić information content (AvgIpc) is 2.55. The van der Waals surface area contributed by atoms with E-state index in [9.17, 15) is 4.79 Å². The zero-order valence-corrected chi connectivity index (χ0v) is 14.8. The Morgan fingerprint density at radius 2 is 1.83 bits per heavy atom. The normalized spacial score (nSPS) is 10.5. The number of carbonyl (C=O) groups is 1. The molecule has 0 aliphatic heterocycles. The molecule has 5 nitrogen and oxygen atoms in total. The fourth-order valence-corrected chi connectivity index (χ4v) is 2.22. The highest BCUT2D eigenvalue weighted by Crippen LogP contribution is 2.20. The minimum absolute atomic E-state index is 0.0882. The molecule has 0 fully saturated rings. The van der Waals surface area contributed by atoms with Crippen LogP contribution in [-0.2, 0) is 0 Å². The lowest BCUT2D eigenvalue weighted by Gasteiger charge is -2.13. The van der Waals surface area contributed by atoms with Gasteiger partial charge in [0.15, 0.2) is 0 Å². The second-order valence-corrected chi connectivity index (χ2v) is 6.47. The fourth-order valence-electron chi connectivity index (χ4n) is 2.22. The minimum atomic E-state index is -0.0882. The number of carbonyl (C=O) groups excluding carboxylic acids is 1. The Bertz CT molecular complexity index is 665. The van der Waals surface area contributed by atoms with E-state index in [1.165, 1.54) is 0 Å². The van der Waals surface area contributed by atoms with Crippen LogP contribution in [0.1, 0.15) is 30.6 Å². The SMILES string of the molecule is CC(C)CCNC(=O)c1cncc(Nc2ccc(N(C)C)cc2)c1. The van der Waals surface area contributed by atoms with E-state index >= 15 is 0 Å². The number of aromatic nitrogens is 1. The van der Waals surface area contributed by atoms with Crippen molar-refractivity contribution in [2.75, 3.05) is 30.9 Å². The summed E-state index contributed by atoms with van der Waals surface area (Å²) in [4.78, 5) is 18.4. The molecule has 0 radical (unpaired) electrons. The van der Waals surface area contributed by atoms with Gasteiger partial charge in [-0.25, -0.2) is 0 Å². The first-order valence-electron chi connectivity index (χ1n) is 8.23. The van der Waals surface area contributed by atoms with E-state index < -0.39 is 0 Å². The van der Waals surface area contributed by atoms with Crippen LogP contribution in [0.2, 0.25) is 0 Å². The molecule has 0 saturated carbocycles. The van der Waals surface area contributed by atoms with Crippen LogP contribution in [0.5, 0.6) is 0 Å². The molecule has 1 amide bonds. The summed E-state index contributed by atoms with van der Waals surface area (Å²) in [5, 5.41) is 6.21. The van der Waals surface area contributed by atoms with Crippen LogP contribution < -0.4 is 15.5 Å². The van der Waals surface area contributed by atoms with Gasteiger partial charge in [0.05, 0.1) is 17.4 Å². The number of rotatable bonds is 7. The molecular formula is C19H26N4O. The maximum atomic E-state index is 12.2. The molecule has 5 heteroatoms. The quantitative estimate of drug-likeness (QED) is 0.815. The molecule has 2 aromatic rings. The van der Waals surface area contributed by atoms with E-state index in [2.05, 4.69) is 29.5 Å². The molecule has 0 unspecified atom stereocenters. The van der Waals surface area contributed by atoms with Crippen LogP contribution in [0.15, 0.2) is 42.7 Å². The van der Waals surface area contributed by atoms with Gasteiger partial charge in [-0.05, 0) is 42.7 Å². The predicted octanol–water partition coefficient (Wildman–Crippen LogP) is 3.67. The average molecular weight is 326 g/mol. The van der Waals surface area contributed by atoms with Crippen molar-refractivity contribution in [3.63, 3.8) is 0 Å². The van der Waals surface area contributed by atoms with E-state index in [0.717, 1.165) is 23.5 Å². The van der Waals surface area contributed by atoms with Crippen molar-refractivity contribution >= 4 is 23.0 Å². The summed E-state index contributed by atoms with van der Waals surface area (Å²) in [6.45, 7) is 4.96. The molecule has 0 spiro atoms. The van der Waals surface area contributed by atoms with Gasteiger partial charge < -0.3 is 15.5 Å². The number of hydrogen-bond donors (Lipinski definition) is 2. The summed E-state index contributed by atoms with van der Waals surface area (Å²) in [5.41, 5.74) is 3.45. The van der Waals surface area contributed by atoms with Crippen molar-refractivity contribution in [1.82, 2.24) is 10.3 Å². The van der Waals surface area contributed by atoms with Gasteiger partial charge in [0.25, 0.3) is 5.91 Å². The van der Waals surface area contributed by atoms with Crippen molar-refractivity contribution < 1.29 is 4.79 Å². The van der Waals surface area contributed by atoms with Crippen LogP contribution >= 0.6 is 0 Å². The highest BCUT2D eigenvalue weighted by molar-refractivity contribution is 5.94. The second-order valence-electron chi connectivity index (χ2n) is 6.47. The van der Waals surface area contributed by atoms with Crippen LogP contribution in [-0.4, -0.2) is 31.5 Å². The molecule has 0 bridgehead atoms. The number of benzene rings is 1. The van der Waals surface area contributed by atoms with Gasteiger partial charge in [0, 0.05) is 38.2 Å². The maximum absolute atomic E-state index is 12.2. The van der Waals surface area contributed by atoms with E-state index in [1.54, 1.807) is 12.4 Å². The summed E-state index contributed by atoms with van der Waals surface area (Å²) in [5.74, 6) is 0.483. The lowest BCUT2D eigenvalue weighted by Crippen LogP contribution is -2.25. The lowest BCUT2D eigenvalue weighted by atomic mass is 10.1. The molecule has 24 heavy (non-hydrogen) atoms. The Balaban J connectivity index is 2.00. The zero-order chi connectivity index (χ0) is 17.5. The number of anilines is 3. The second kappa shape index (κ2) is 8.34. The fraction of sp³-hybridized carbons (Fsp3) is 0.368. The van der Waals surface area contributed by atoms with Crippen molar-refractivity contribution in [2.24, 2.45) is 5.92 Å². The molecule has 128 valence electrons. The maximum Gasteiger partial charge on any atom is 0.252 e. The van der Waals surface area contributed by atoms with Gasteiger partial charge >= 0.3 is 0 Å². The standard InChI is InChI=1S/C19H26N4O/c1-14(2)9-10-21-19(24)15-11-17(13-20-12-15)22-16-5-7-18(8-6-16)23(3)4/h5-8,11-14,22H,9-10H2,1-4H3,(H,21,24). The Hall–Kier alpha value is -2.56. The van der Waals surface area contributed by atoms with E-state index in [1.807, 2.05) is 49.3 Å². The number of hydrogen-bond acceptors (Lipinski definition) is 4. The number of amides is 1. The summed E-state index contributed by atoms with van der Waals surface area (Å²) in [6, 6.07) is 9.91. The molecule has 2 rings (SSSR count). The summed E-state index contributed by atoms with van der Waals surface area (Å²) in [7, 11) is 4.02. The molecule has 1 aromatic carbocycles. The van der Waals surface area contributed by atoms with Gasteiger partial charge in [-0.15, -0.1) is 0 Å². The third-order valence-corrected chi connectivity index (χ3v) is 3.68. The van der Waals surface area contributed by atoms with Crippen LogP contribution in [0, 0.1) is 5.92 Å². The van der Waals surface area contributed by atoms with Gasteiger partial charge in [-0.2, -0.15) is 0 Å². The first-order chi connectivity index (χ1) is 11.5. The van der Waals surface area contributed by atoms with Gasteiger partial charge in [0.2, 0.25) is 0 Å². The lowest BCUT2D eigenvalue weighted by molar-refractivity contribution is 0.0951. The van der Waals surface area contributed by atoms with Crippen LogP contribution in [0.25, 0.3) is 0 Å². The van der Waals surface area contributed by atoms with E-state index in [-0.39, 0.29) is 5.91 Å².